The molecule has 0 saturated carbocycles. The molecule has 2 N–H and O–H groups in total. The first-order chi connectivity index (χ1) is 16.6. The SMILES string of the molecule is C=CCc1ccccc1N1CCC(C(O)(c2ccccc2)c2ccccc2)CC1.CCCCO. The van der Waals surface area contributed by atoms with Crippen LogP contribution in [-0.4, -0.2) is 29.9 Å². The van der Waals surface area contributed by atoms with Crippen LogP contribution in [0, 0.1) is 5.92 Å². The summed E-state index contributed by atoms with van der Waals surface area (Å²) >= 11 is 0. The Morgan fingerprint density at radius 1 is 0.882 bits per heavy atom. The molecule has 4 rings (SSSR count). The fraction of sp³-hybridized carbons (Fsp3) is 0.355. The standard InChI is InChI=1S/C27H29NO.C4H10O/c1-2-11-22-12-9-10-17-26(22)28-20-18-25(19-21-28)27(29,23-13-5-3-6-14-23)24-15-7-4-8-16-24;1-2-3-4-5/h2-10,12-17,25,29H,1,11,18-21H2;5H,2-4H2,1H3. The highest BCUT2D eigenvalue weighted by atomic mass is 16.3. The Balaban J connectivity index is 0.000000588. The zero-order chi connectivity index (χ0) is 24.2. The Hall–Kier alpha value is -2.88. The summed E-state index contributed by atoms with van der Waals surface area (Å²) in [6.07, 6.45) is 6.78. The van der Waals surface area contributed by atoms with E-state index in [1.165, 1.54) is 11.3 Å². The van der Waals surface area contributed by atoms with Gasteiger partial charge in [-0.1, -0.05) is 98.3 Å². The summed E-state index contributed by atoms with van der Waals surface area (Å²) in [6, 6.07) is 28.9. The molecule has 0 bridgehead atoms. The van der Waals surface area contributed by atoms with E-state index in [1.54, 1.807) is 0 Å². The largest absolute Gasteiger partial charge is 0.396 e. The number of benzene rings is 3. The van der Waals surface area contributed by atoms with E-state index in [1.807, 2.05) is 42.5 Å². The van der Waals surface area contributed by atoms with Gasteiger partial charge in [-0.25, -0.2) is 0 Å². The highest BCUT2D eigenvalue weighted by Gasteiger charge is 2.41. The van der Waals surface area contributed by atoms with Crippen molar-refractivity contribution in [2.45, 2.75) is 44.6 Å². The third kappa shape index (κ3) is 6.16. The van der Waals surface area contributed by atoms with Crippen LogP contribution in [0.25, 0.3) is 0 Å². The molecule has 1 aliphatic rings. The van der Waals surface area contributed by atoms with Gasteiger partial charge in [0.1, 0.15) is 5.60 Å². The van der Waals surface area contributed by atoms with Crippen LogP contribution in [0.3, 0.4) is 0 Å². The van der Waals surface area contributed by atoms with Crippen molar-refractivity contribution >= 4 is 5.69 Å². The number of hydrogen-bond acceptors (Lipinski definition) is 3. The Kier molecular flexibility index (Phi) is 9.93. The second-order valence-electron chi connectivity index (χ2n) is 8.96. The van der Waals surface area contributed by atoms with E-state index in [2.05, 4.69) is 66.9 Å². The average Bonchev–Trinajstić information content (AvgIpc) is 2.91. The highest BCUT2D eigenvalue weighted by Crippen LogP contribution is 2.42. The van der Waals surface area contributed by atoms with Gasteiger partial charge in [0.2, 0.25) is 0 Å². The van der Waals surface area contributed by atoms with Crippen LogP contribution in [0.15, 0.2) is 97.6 Å². The average molecular weight is 458 g/mol. The molecular weight excluding hydrogens is 418 g/mol. The number of nitrogens with zero attached hydrogens (tertiary/aromatic N) is 1. The van der Waals surface area contributed by atoms with E-state index in [0.717, 1.165) is 56.3 Å². The molecule has 3 heteroatoms. The van der Waals surface area contributed by atoms with Crippen molar-refractivity contribution < 1.29 is 10.2 Å². The topological polar surface area (TPSA) is 43.7 Å². The maximum Gasteiger partial charge on any atom is 0.118 e. The van der Waals surface area contributed by atoms with Crippen LogP contribution >= 0.6 is 0 Å². The number of aliphatic hydroxyl groups is 2. The van der Waals surface area contributed by atoms with Crippen molar-refractivity contribution in [3.63, 3.8) is 0 Å². The third-order valence-electron chi connectivity index (χ3n) is 6.72. The van der Waals surface area contributed by atoms with E-state index in [9.17, 15) is 5.11 Å². The van der Waals surface area contributed by atoms with Crippen LogP contribution in [0.4, 0.5) is 5.69 Å². The summed E-state index contributed by atoms with van der Waals surface area (Å²) in [5, 5.41) is 20.1. The summed E-state index contributed by atoms with van der Waals surface area (Å²) in [6.45, 7) is 8.19. The normalized spacial score (nSPS) is 14.3. The lowest BCUT2D eigenvalue weighted by atomic mass is 9.72. The van der Waals surface area contributed by atoms with Gasteiger partial charge >= 0.3 is 0 Å². The summed E-state index contributed by atoms with van der Waals surface area (Å²) in [7, 11) is 0. The monoisotopic (exact) mass is 457 g/mol. The Morgan fingerprint density at radius 2 is 1.41 bits per heavy atom. The van der Waals surface area contributed by atoms with Gasteiger partial charge in [0.05, 0.1) is 0 Å². The van der Waals surface area contributed by atoms with Crippen LogP contribution < -0.4 is 4.90 Å². The van der Waals surface area contributed by atoms with Gasteiger partial charge < -0.3 is 15.1 Å². The van der Waals surface area contributed by atoms with Gasteiger partial charge in [-0.2, -0.15) is 0 Å². The van der Waals surface area contributed by atoms with Crippen LogP contribution in [-0.2, 0) is 12.0 Å². The molecule has 3 aromatic rings. The number of piperidine rings is 1. The molecule has 1 saturated heterocycles. The van der Waals surface area contributed by atoms with Gasteiger partial charge in [-0.15, -0.1) is 6.58 Å². The Bertz CT molecular complexity index is 937. The summed E-state index contributed by atoms with van der Waals surface area (Å²) < 4.78 is 0. The van der Waals surface area contributed by atoms with Gasteiger partial charge in [-0.05, 0) is 54.4 Å². The van der Waals surface area contributed by atoms with Crippen molar-refractivity contribution in [1.29, 1.82) is 0 Å². The molecule has 0 spiro atoms. The molecule has 3 nitrogen and oxygen atoms in total. The van der Waals surface area contributed by atoms with Crippen molar-refractivity contribution in [3.05, 3.63) is 114 Å². The minimum absolute atomic E-state index is 0.176. The molecule has 0 amide bonds. The molecule has 0 aromatic heterocycles. The minimum Gasteiger partial charge on any atom is -0.396 e. The first kappa shape index (κ1) is 25.7. The predicted octanol–water partition coefficient (Wildman–Crippen LogP) is 6.35. The number of unbranched alkanes of at least 4 members (excludes halogenated alkanes) is 1. The molecule has 0 unspecified atom stereocenters. The fourth-order valence-corrected chi connectivity index (χ4v) is 4.87. The first-order valence-corrected chi connectivity index (χ1v) is 12.5. The molecule has 1 heterocycles. The number of anilines is 1. The van der Waals surface area contributed by atoms with Crippen molar-refractivity contribution in [2.24, 2.45) is 5.92 Å². The number of aliphatic hydroxyl groups excluding tert-OH is 1. The Morgan fingerprint density at radius 3 is 1.88 bits per heavy atom. The molecule has 1 fully saturated rings. The van der Waals surface area contributed by atoms with E-state index in [0.29, 0.717) is 6.61 Å². The number of allylic oxidation sites excluding steroid dienone is 1. The highest BCUT2D eigenvalue weighted by molar-refractivity contribution is 5.54. The summed E-state index contributed by atoms with van der Waals surface area (Å²) in [4.78, 5) is 2.46. The van der Waals surface area contributed by atoms with Crippen LogP contribution in [0.2, 0.25) is 0 Å². The van der Waals surface area contributed by atoms with Crippen molar-refractivity contribution in [2.75, 3.05) is 24.6 Å². The zero-order valence-corrected chi connectivity index (χ0v) is 20.4. The van der Waals surface area contributed by atoms with Crippen molar-refractivity contribution in [1.82, 2.24) is 0 Å². The quantitative estimate of drug-likeness (QED) is 0.388. The maximum atomic E-state index is 12.0. The lowest BCUT2D eigenvalue weighted by Gasteiger charge is -2.43. The molecule has 34 heavy (non-hydrogen) atoms. The minimum atomic E-state index is -0.963. The van der Waals surface area contributed by atoms with Gasteiger partial charge in [-0.3, -0.25) is 0 Å². The number of para-hydroxylation sites is 1. The van der Waals surface area contributed by atoms with Crippen molar-refractivity contribution in [3.8, 4) is 0 Å². The van der Waals surface area contributed by atoms with E-state index >= 15 is 0 Å². The molecule has 180 valence electrons. The van der Waals surface area contributed by atoms with Gasteiger partial charge in [0, 0.05) is 25.4 Å². The summed E-state index contributed by atoms with van der Waals surface area (Å²) in [5.41, 5.74) is 3.62. The lowest BCUT2D eigenvalue weighted by molar-refractivity contribution is 0.00505. The van der Waals surface area contributed by atoms with Crippen LogP contribution in [0.1, 0.15) is 49.3 Å². The first-order valence-electron chi connectivity index (χ1n) is 12.5. The van der Waals surface area contributed by atoms with Gasteiger partial charge in [0.15, 0.2) is 0 Å². The van der Waals surface area contributed by atoms with Crippen LogP contribution in [0.5, 0.6) is 0 Å². The summed E-state index contributed by atoms with van der Waals surface area (Å²) in [5.74, 6) is 0.176. The number of rotatable bonds is 8. The second kappa shape index (κ2) is 13.1. The third-order valence-corrected chi connectivity index (χ3v) is 6.72. The Labute approximate surface area is 205 Å². The maximum absolute atomic E-state index is 12.0. The zero-order valence-electron chi connectivity index (χ0n) is 20.4. The molecule has 0 aliphatic carbocycles. The number of hydrogen-bond donors (Lipinski definition) is 2. The van der Waals surface area contributed by atoms with E-state index < -0.39 is 5.60 Å². The van der Waals surface area contributed by atoms with E-state index in [4.69, 9.17) is 5.11 Å². The molecular formula is C31H39NO2. The van der Waals surface area contributed by atoms with Gasteiger partial charge in [0.25, 0.3) is 0 Å². The second-order valence-corrected chi connectivity index (χ2v) is 8.96. The lowest BCUT2D eigenvalue weighted by Crippen LogP contribution is -2.44. The smallest absolute Gasteiger partial charge is 0.118 e. The predicted molar refractivity (Wildman–Crippen MR) is 143 cm³/mol. The molecule has 3 aromatic carbocycles. The fourth-order valence-electron chi connectivity index (χ4n) is 4.87. The molecule has 0 atom stereocenters. The van der Waals surface area contributed by atoms with E-state index in [-0.39, 0.29) is 5.92 Å². The molecule has 1 aliphatic heterocycles. The molecule has 0 radical (unpaired) electrons.